The third kappa shape index (κ3) is 3.46. The van der Waals surface area contributed by atoms with Gasteiger partial charge in [0.25, 0.3) is 0 Å². The van der Waals surface area contributed by atoms with Gasteiger partial charge in [0.05, 0.1) is 5.01 Å². The van der Waals surface area contributed by atoms with Crippen LogP contribution in [0.5, 0.6) is 17.2 Å². The van der Waals surface area contributed by atoms with Crippen LogP contribution in [0.2, 0.25) is 0 Å². The number of thiazole rings is 1. The Hall–Kier alpha value is -1.79. The van der Waals surface area contributed by atoms with E-state index >= 15 is 0 Å². The number of ether oxygens (including phenoxy) is 3. The van der Waals surface area contributed by atoms with Gasteiger partial charge in [0.1, 0.15) is 12.4 Å². The molecular weight excluding hydrogens is 288 g/mol. The molecule has 2 aromatic rings. The van der Waals surface area contributed by atoms with Crippen molar-refractivity contribution in [2.24, 2.45) is 0 Å². The molecule has 1 aliphatic heterocycles. The minimum Gasteiger partial charge on any atom is -0.492 e. The highest BCUT2D eigenvalue weighted by molar-refractivity contribution is 7.11. The van der Waals surface area contributed by atoms with Crippen LogP contribution in [0.25, 0.3) is 0 Å². The van der Waals surface area contributed by atoms with Crippen molar-refractivity contribution in [3.05, 3.63) is 34.3 Å². The van der Waals surface area contributed by atoms with Crippen molar-refractivity contribution in [1.29, 1.82) is 0 Å². The molecule has 1 aromatic carbocycles. The number of rotatable bonds is 6. The first-order valence-corrected chi connectivity index (χ1v) is 7.72. The van der Waals surface area contributed by atoms with Crippen LogP contribution in [0.3, 0.4) is 0 Å². The second-order valence-electron chi connectivity index (χ2n) is 4.82. The summed E-state index contributed by atoms with van der Waals surface area (Å²) in [6, 6.07) is 5.91. The molecule has 0 spiro atoms. The molecule has 1 aromatic heterocycles. The second-order valence-corrected chi connectivity index (χ2v) is 6.09. The van der Waals surface area contributed by atoms with Crippen LogP contribution in [0.15, 0.2) is 24.4 Å². The molecule has 0 fully saturated rings. The van der Waals surface area contributed by atoms with Crippen molar-refractivity contribution < 1.29 is 14.2 Å². The van der Waals surface area contributed by atoms with E-state index in [1.54, 1.807) is 11.3 Å². The predicted molar refractivity (Wildman–Crippen MR) is 81.3 cm³/mol. The molecule has 1 aliphatic rings. The van der Waals surface area contributed by atoms with Crippen LogP contribution in [-0.4, -0.2) is 24.9 Å². The fourth-order valence-electron chi connectivity index (χ4n) is 2.09. The van der Waals surface area contributed by atoms with Crippen LogP contribution in [0, 0.1) is 6.92 Å². The first-order chi connectivity index (χ1) is 10.2. The van der Waals surface area contributed by atoms with E-state index in [-0.39, 0.29) is 12.8 Å². The molecule has 1 N–H and O–H groups in total. The standard InChI is InChI=1S/C15H18N2O3S/c1-10(15-8-17-11(2)21-15)16-5-6-18-12-3-4-13-14(7-12)20-9-19-13/h3-4,7-8,10,16H,5-6,9H2,1-2H3/t10-/m0/s1. The molecule has 0 saturated heterocycles. The van der Waals surface area contributed by atoms with Crippen molar-refractivity contribution in [3.8, 4) is 17.2 Å². The van der Waals surface area contributed by atoms with Crippen LogP contribution in [0.4, 0.5) is 0 Å². The van der Waals surface area contributed by atoms with Gasteiger partial charge < -0.3 is 19.5 Å². The van der Waals surface area contributed by atoms with Gasteiger partial charge in [-0.25, -0.2) is 4.98 Å². The number of benzene rings is 1. The molecule has 0 bridgehead atoms. The summed E-state index contributed by atoms with van der Waals surface area (Å²) < 4.78 is 16.3. The SMILES string of the molecule is Cc1ncc([C@H](C)NCCOc2ccc3c(c2)OCO3)s1. The summed E-state index contributed by atoms with van der Waals surface area (Å²) in [5.41, 5.74) is 0. The number of aryl methyl sites for hydroxylation is 1. The Morgan fingerprint density at radius 2 is 2.24 bits per heavy atom. The summed E-state index contributed by atoms with van der Waals surface area (Å²) in [6.45, 7) is 5.80. The lowest BCUT2D eigenvalue weighted by Crippen LogP contribution is -2.23. The number of hydrogen-bond donors (Lipinski definition) is 1. The van der Waals surface area contributed by atoms with E-state index in [4.69, 9.17) is 14.2 Å². The topological polar surface area (TPSA) is 52.6 Å². The molecule has 5 nitrogen and oxygen atoms in total. The van der Waals surface area contributed by atoms with E-state index in [1.165, 1.54) is 4.88 Å². The van der Waals surface area contributed by atoms with Crippen molar-refractivity contribution in [2.45, 2.75) is 19.9 Å². The van der Waals surface area contributed by atoms with Crippen LogP contribution >= 0.6 is 11.3 Å². The normalized spacial score (nSPS) is 14.2. The lowest BCUT2D eigenvalue weighted by Gasteiger charge is -2.12. The van der Waals surface area contributed by atoms with Crippen LogP contribution in [-0.2, 0) is 0 Å². The summed E-state index contributed by atoms with van der Waals surface area (Å²) in [4.78, 5) is 5.51. The average molecular weight is 306 g/mol. The molecule has 3 rings (SSSR count). The van der Waals surface area contributed by atoms with E-state index < -0.39 is 0 Å². The second kappa shape index (κ2) is 6.32. The molecule has 1 atom stereocenters. The van der Waals surface area contributed by atoms with Gasteiger partial charge in [-0.15, -0.1) is 11.3 Å². The zero-order chi connectivity index (χ0) is 14.7. The largest absolute Gasteiger partial charge is 0.492 e. The highest BCUT2D eigenvalue weighted by Crippen LogP contribution is 2.35. The molecule has 112 valence electrons. The maximum atomic E-state index is 5.71. The maximum absolute atomic E-state index is 5.71. The molecule has 21 heavy (non-hydrogen) atoms. The smallest absolute Gasteiger partial charge is 0.231 e. The first-order valence-electron chi connectivity index (χ1n) is 6.90. The van der Waals surface area contributed by atoms with Gasteiger partial charge in [0, 0.05) is 29.7 Å². The quantitative estimate of drug-likeness (QED) is 0.832. The van der Waals surface area contributed by atoms with Crippen molar-refractivity contribution in [3.63, 3.8) is 0 Å². The van der Waals surface area contributed by atoms with Crippen LogP contribution in [0.1, 0.15) is 22.9 Å². The van der Waals surface area contributed by atoms with Gasteiger partial charge in [-0.2, -0.15) is 0 Å². The molecule has 6 heteroatoms. The number of aromatic nitrogens is 1. The molecule has 0 unspecified atom stereocenters. The summed E-state index contributed by atoms with van der Waals surface area (Å²) in [5, 5.41) is 4.52. The predicted octanol–water partition coefficient (Wildman–Crippen LogP) is 2.91. The van der Waals surface area contributed by atoms with Gasteiger partial charge in [0.15, 0.2) is 11.5 Å². The lowest BCUT2D eigenvalue weighted by molar-refractivity contribution is 0.173. The van der Waals surface area contributed by atoms with E-state index in [1.807, 2.05) is 31.3 Å². The zero-order valence-corrected chi connectivity index (χ0v) is 12.9. The molecule has 0 amide bonds. The lowest BCUT2D eigenvalue weighted by atomic mass is 10.3. The van der Waals surface area contributed by atoms with Gasteiger partial charge in [-0.1, -0.05) is 0 Å². The Balaban J connectivity index is 1.44. The van der Waals surface area contributed by atoms with Gasteiger partial charge >= 0.3 is 0 Å². The van der Waals surface area contributed by atoms with E-state index in [9.17, 15) is 0 Å². The first kappa shape index (κ1) is 14.2. The molecular formula is C15H18N2O3S. The van der Waals surface area contributed by atoms with E-state index in [0.717, 1.165) is 28.8 Å². The molecule has 0 saturated carbocycles. The summed E-state index contributed by atoms with van der Waals surface area (Å²) in [7, 11) is 0. The Kier molecular flexibility index (Phi) is 4.26. The Bertz CT molecular complexity index is 615. The highest BCUT2D eigenvalue weighted by atomic mass is 32.1. The van der Waals surface area contributed by atoms with Crippen molar-refractivity contribution in [2.75, 3.05) is 19.9 Å². The Labute approximate surface area is 127 Å². The monoisotopic (exact) mass is 306 g/mol. The fourth-order valence-corrected chi connectivity index (χ4v) is 2.90. The van der Waals surface area contributed by atoms with Crippen LogP contribution < -0.4 is 19.5 Å². The summed E-state index contributed by atoms with van der Waals surface area (Å²) >= 11 is 1.72. The molecule has 2 heterocycles. The third-order valence-corrected chi connectivity index (χ3v) is 4.33. The van der Waals surface area contributed by atoms with E-state index in [2.05, 4.69) is 17.2 Å². The molecule has 0 radical (unpaired) electrons. The summed E-state index contributed by atoms with van der Waals surface area (Å²) in [6.07, 6.45) is 1.93. The summed E-state index contributed by atoms with van der Waals surface area (Å²) in [5.74, 6) is 2.31. The number of nitrogens with one attached hydrogen (secondary N) is 1. The Morgan fingerprint density at radius 3 is 3.05 bits per heavy atom. The average Bonchev–Trinajstić information content (AvgIpc) is 3.11. The number of hydrogen-bond acceptors (Lipinski definition) is 6. The van der Waals surface area contributed by atoms with E-state index in [0.29, 0.717) is 6.61 Å². The van der Waals surface area contributed by atoms with Crippen molar-refractivity contribution >= 4 is 11.3 Å². The van der Waals surface area contributed by atoms with Crippen molar-refractivity contribution in [1.82, 2.24) is 10.3 Å². The Morgan fingerprint density at radius 1 is 1.38 bits per heavy atom. The number of nitrogens with zero attached hydrogens (tertiary/aromatic N) is 1. The third-order valence-electron chi connectivity index (χ3n) is 3.23. The minimum atomic E-state index is 0.284. The number of fused-ring (bicyclic) bond motifs is 1. The highest BCUT2D eigenvalue weighted by Gasteiger charge is 2.13. The molecule has 0 aliphatic carbocycles. The van der Waals surface area contributed by atoms with Gasteiger partial charge in [-0.05, 0) is 26.0 Å². The minimum absolute atomic E-state index is 0.284. The maximum Gasteiger partial charge on any atom is 0.231 e. The zero-order valence-electron chi connectivity index (χ0n) is 12.1. The van der Waals surface area contributed by atoms with Gasteiger partial charge in [-0.3, -0.25) is 0 Å². The van der Waals surface area contributed by atoms with Gasteiger partial charge in [0.2, 0.25) is 6.79 Å². The fraction of sp³-hybridized carbons (Fsp3) is 0.400.